The minimum Gasteiger partial charge on any atom is -0.228 e. The minimum absolute atomic E-state index is 0.103. The Hall–Kier alpha value is -0.830. The molecule has 0 aromatic heterocycles. The molecule has 132 valence electrons. The number of unbranched alkanes of at least 4 members (excludes halogenated alkanes) is 2. The highest BCUT2D eigenvalue weighted by Gasteiger charge is 2.73. The number of hydrogen-bond acceptors (Lipinski definition) is 2. The highest BCUT2D eigenvalue weighted by molar-refractivity contribution is 7.93. The van der Waals surface area contributed by atoms with Gasteiger partial charge in [-0.15, -0.1) is 13.2 Å². The molecule has 1 saturated heterocycles. The van der Waals surface area contributed by atoms with E-state index in [1.54, 1.807) is 0 Å². The van der Waals surface area contributed by atoms with Gasteiger partial charge in [-0.1, -0.05) is 24.3 Å². The molecule has 0 radical (unpaired) electrons. The Labute approximate surface area is 147 Å². The summed E-state index contributed by atoms with van der Waals surface area (Å²) in [6, 6.07) is 0. The van der Waals surface area contributed by atoms with E-state index >= 15 is 0 Å². The first-order valence-electron chi connectivity index (χ1n) is 9.71. The van der Waals surface area contributed by atoms with Crippen molar-refractivity contribution in [3.63, 3.8) is 0 Å². The SMILES string of the molecule is C=CCCC[C@@H]1[C@@H]2[C@@H]([C@@H]3C=C[C@H]2C32CC2)[C@H](CCCC=C)S1(=O)=O. The number of allylic oxidation sites excluding steroid dienone is 4. The van der Waals surface area contributed by atoms with Crippen molar-refractivity contribution in [1.29, 1.82) is 0 Å². The molecule has 4 aliphatic rings. The van der Waals surface area contributed by atoms with Crippen LogP contribution in [0.25, 0.3) is 0 Å². The van der Waals surface area contributed by atoms with E-state index in [9.17, 15) is 8.42 Å². The minimum atomic E-state index is -3.00. The van der Waals surface area contributed by atoms with Crippen LogP contribution in [0.15, 0.2) is 37.5 Å². The van der Waals surface area contributed by atoms with Gasteiger partial charge in [-0.05, 0) is 80.5 Å². The van der Waals surface area contributed by atoms with Gasteiger partial charge in [-0.2, -0.15) is 0 Å². The summed E-state index contributed by atoms with van der Waals surface area (Å²) in [6.45, 7) is 7.59. The molecule has 0 aromatic carbocycles. The lowest BCUT2D eigenvalue weighted by molar-refractivity contribution is 0.303. The number of hydrogen-bond donors (Lipinski definition) is 0. The first-order chi connectivity index (χ1) is 11.6. The van der Waals surface area contributed by atoms with Gasteiger partial charge in [0.1, 0.15) is 0 Å². The fourth-order valence-corrected chi connectivity index (χ4v) is 9.44. The van der Waals surface area contributed by atoms with E-state index in [4.69, 9.17) is 0 Å². The second kappa shape index (κ2) is 5.86. The molecule has 3 fully saturated rings. The fraction of sp³-hybridized carbons (Fsp3) is 0.714. The summed E-state index contributed by atoms with van der Waals surface area (Å²) >= 11 is 0. The van der Waals surface area contributed by atoms with Gasteiger partial charge < -0.3 is 0 Å². The van der Waals surface area contributed by atoms with Crippen molar-refractivity contribution < 1.29 is 8.42 Å². The molecule has 3 aliphatic carbocycles. The van der Waals surface area contributed by atoms with E-state index in [1.165, 1.54) is 12.8 Å². The average Bonchev–Trinajstić information content (AvgIpc) is 3.16. The summed E-state index contributed by atoms with van der Waals surface area (Å²) in [5.41, 5.74) is 0.471. The molecule has 2 saturated carbocycles. The zero-order valence-corrected chi connectivity index (χ0v) is 15.4. The Kier molecular flexibility index (Phi) is 4.06. The Morgan fingerprint density at radius 3 is 1.75 bits per heavy atom. The van der Waals surface area contributed by atoms with E-state index in [2.05, 4.69) is 25.3 Å². The van der Waals surface area contributed by atoms with Crippen LogP contribution in [-0.4, -0.2) is 18.9 Å². The molecule has 4 rings (SSSR count). The zero-order chi connectivity index (χ0) is 16.9. The van der Waals surface area contributed by atoms with E-state index in [0.29, 0.717) is 29.1 Å². The Bertz CT molecular complexity index is 609. The van der Waals surface area contributed by atoms with Crippen LogP contribution >= 0.6 is 0 Å². The Balaban J connectivity index is 1.63. The van der Waals surface area contributed by atoms with Crippen molar-refractivity contribution in [3.05, 3.63) is 37.5 Å². The normalized spacial score (nSPS) is 42.3. The lowest BCUT2D eigenvalue weighted by Crippen LogP contribution is -2.31. The molecule has 0 N–H and O–H groups in total. The first kappa shape index (κ1) is 16.6. The smallest absolute Gasteiger partial charge is 0.156 e. The van der Waals surface area contributed by atoms with Crippen LogP contribution in [0.2, 0.25) is 0 Å². The van der Waals surface area contributed by atoms with Gasteiger partial charge >= 0.3 is 0 Å². The molecule has 6 atom stereocenters. The first-order valence-corrected chi connectivity index (χ1v) is 11.3. The lowest BCUT2D eigenvalue weighted by atomic mass is 9.77. The molecule has 2 bridgehead atoms. The van der Waals surface area contributed by atoms with E-state index < -0.39 is 9.84 Å². The zero-order valence-electron chi connectivity index (χ0n) is 14.6. The maximum absolute atomic E-state index is 13.4. The summed E-state index contributed by atoms with van der Waals surface area (Å²) in [6.07, 6.45) is 16.7. The fourth-order valence-electron chi connectivity index (χ4n) is 6.42. The van der Waals surface area contributed by atoms with Gasteiger partial charge in [-0.25, -0.2) is 8.42 Å². The summed E-state index contributed by atoms with van der Waals surface area (Å²) in [7, 11) is -3.00. The molecule has 0 amide bonds. The van der Waals surface area contributed by atoms with Crippen LogP contribution in [0.3, 0.4) is 0 Å². The van der Waals surface area contributed by atoms with Gasteiger partial charge in [0.15, 0.2) is 9.84 Å². The molecule has 1 heterocycles. The monoisotopic (exact) mass is 346 g/mol. The van der Waals surface area contributed by atoms with Crippen molar-refractivity contribution in [3.8, 4) is 0 Å². The number of rotatable bonds is 8. The molecule has 1 aliphatic heterocycles. The van der Waals surface area contributed by atoms with Crippen molar-refractivity contribution in [2.45, 2.75) is 61.9 Å². The summed E-state index contributed by atoms with van der Waals surface area (Å²) in [5.74, 6) is 1.87. The van der Waals surface area contributed by atoms with Crippen molar-refractivity contribution in [2.24, 2.45) is 29.1 Å². The van der Waals surface area contributed by atoms with E-state index in [-0.39, 0.29) is 10.5 Å². The lowest BCUT2D eigenvalue weighted by Gasteiger charge is -2.25. The van der Waals surface area contributed by atoms with Crippen LogP contribution < -0.4 is 0 Å². The van der Waals surface area contributed by atoms with E-state index in [0.717, 1.165) is 38.5 Å². The van der Waals surface area contributed by atoms with Crippen LogP contribution in [0.5, 0.6) is 0 Å². The highest BCUT2D eigenvalue weighted by Crippen LogP contribution is 2.75. The van der Waals surface area contributed by atoms with Crippen molar-refractivity contribution in [1.82, 2.24) is 0 Å². The topological polar surface area (TPSA) is 34.1 Å². The van der Waals surface area contributed by atoms with Gasteiger partial charge in [0, 0.05) is 0 Å². The third-order valence-corrected chi connectivity index (χ3v) is 10.2. The molecule has 24 heavy (non-hydrogen) atoms. The van der Waals surface area contributed by atoms with Crippen molar-refractivity contribution in [2.75, 3.05) is 0 Å². The second-order valence-corrected chi connectivity index (χ2v) is 10.8. The van der Waals surface area contributed by atoms with Crippen LogP contribution in [0, 0.1) is 29.1 Å². The second-order valence-electron chi connectivity index (χ2n) is 8.43. The largest absolute Gasteiger partial charge is 0.228 e. The van der Waals surface area contributed by atoms with Crippen LogP contribution in [0.1, 0.15) is 51.4 Å². The molecule has 1 spiro atoms. The molecule has 0 unspecified atom stereocenters. The highest BCUT2D eigenvalue weighted by atomic mass is 32.2. The molecular formula is C21H30O2S. The predicted molar refractivity (Wildman–Crippen MR) is 99.4 cm³/mol. The molecule has 3 heteroatoms. The maximum atomic E-state index is 13.4. The predicted octanol–water partition coefficient (Wildman–Crippen LogP) is 4.69. The van der Waals surface area contributed by atoms with Gasteiger partial charge in [-0.3, -0.25) is 0 Å². The van der Waals surface area contributed by atoms with Gasteiger partial charge in [0.2, 0.25) is 0 Å². The number of fused-ring (bicyclic) bond motifs is 3. The Morgan fingerprint density at radius 1 is 0.917 bits per heavy atom. The maximum Gasteiger partial charge on any atom is 0.156 e. The molecule has 0 aromatic rings. The van der Waals surface area contributed by atoms with E-state index in [1.807, 2.05) is 12.2 Å². The molecular weight excluding hydrogens is 316 g/mol. The summed E-state index contributed by atoms with van der Waals surface area (Å²) < 4.78 is 26.7. The average molecular weight is 347 g/mol. The molecule has 2 nitrogen and oxygen atoms in total. The Morgan fingerprint density at radius 2 is 1.38 bits per heavy atom. The van der Waals surface area contributed by atoms with Crippen LogP contribution in [0.4, 0.5) is 0 Å². The van der Waals surface area contributed by atoms with Gasteiger partial charge in [0.05, 0.1) is 10.5 Å². The quantitative estimate of drug-likeness (QED) is 0.472. The van der Waals surface area contributed by atoms with Crippen molar-refractivity contribution >= 4 is 9.84 Å². The summed E-state index contributed by atoms with van der Waals surface area (Å²) in [5, 5.41) is -0.206. The third-order valence-electron chi connectivity index (χ3n) is 7.45. The third kappa shape index (κ3) is 2.16. The number of sulfone groups is 1. The summed E-state index contributed by atoms with van der Waals surface area (Å²) in [4.78, 5) is 0. The van der Waals surface area contributed by atoms with Crippen LogP contribution in [-0.2, 0) is 9.84 Å². The van der Waals surface area contributed by atoms with Gasteiger partial charge in [0.25, 0.3) is 0 Å². The standard InChI is InChI=1S/C21H30O2S/c1-3-5-7-9-17-19-15-11-12-16(21(15)13-14-21)20(19)18(24(17,22)23)10-8-6-4-2/h3-4,11-12,15-20H,1-2,5-10,13-14H2/t15-,16+,17-,18+,19-,20+.